The van der Waals surface area contributed by atoms with Crippen molar-refractivity contribution in [2.45, 2.75) is 26.7 Å². The van der Waals surface area contributed by atoms with Crippen molar-refractivity contribution in [2.75, 3.05) is 10.6 Å². The lowest BCUT2D eigenvalue weighted by molar-refractivity contribution is -0.114. The van der Waals surface area contributed by atoms with Crippen molar-refractivity contribution in [3.63, 3.8) is 0 Å². The van der Waals surface area contributed by atoms with Crippen molar-refractivity contribution < 1.29 is 9.59 Å². The van der Waals surface area contributed by atoms with Crippen molar-refractivity contribution >= 4 is 34.1 Å². The largest absolute Gasteiger partial charge is 0.304 e. The predicted molar refractivity (Wildman–Crippen MR) is 77.0 cm³/mol. The first-order valence-corrected chi connectivity index (χ1v) is 7.05. The first kappa shape index (κ1) is 14.2. The van der Waals surface area contributed by atoms with E-state index in [1.807, 2.05) is 0 Å². The second kappa shape index (κ2) is 6.29. The quantitative estimate of drug-likeness (QED) is 0.785. The fourth-order valence-corrected chi connectivity index (χ4v) is 2.33. The zero-order chi connectivity index (χ0) is 14.5. The van der Waals surface area contributed by atoms with Gasteiger partial charge in [0.25, 0.3) is 5.91 Å². The van der Waals surface area contributed by atoms with Crippen LogP contribution in [0.3, 0.4) is 0 Å². The van der Waals surface area contributed by atoms with E-state index >= 15 is 0 Å². The molecule has 2 rings (SSSR count). The van der Waals surface area contributed by atoms with Gasteiger partial charge in [-0.25, -0.2) is 4.98 Å². The van der Waals surface area contributed by atoms with Crippen LogP contribution in [0.1, 0.15) is 36.5 Å². The van der Waals surface area contributed by atoms with Crippen LogP contribution in [0, 0.1) is 0 Å². The minimum absolute atomic E-state index is 0.220. The van der Waals surface area contributed by atoms with Crippen LogP contribution in [0.25, 0.3) is 0 Å². The monoisotopic (exact) mass is 293 g/mol. The molecule has 3 N–H and O–H groups in total. The molecule has 2 heterocycles. The van der Waals surface area contributed by atoms with Crippen LogP contribution in [0.2, 0.25) is 0 Å². The van der Waals surface area contributed by atoms with Gasteiger partial charge in [-0.15, -0.1) is 11.3 Å². The molecular formula is C12H15N5O2S. The molecule has 0 saturated heterocycles. The van der Waals surface area contributed by atoms with E-state index in [4.69, 9.17) is 0 Å². The Morgan fingerprint density at radius 1 is 1.40 bits per heavy atom. The lowest BCUT2D eigenvalue weighted by atomic mass is 10.2. The van der Waals surface area contributed by atoms with Gasteiger partial charge in [-0.1, -0.05) is 13.3 Å². The van der Waals surface area contributed by atoms with Crippen molar-refractivity contribution in [3.05, 3.63) is 22.8 Å². The smallest absolute Gasteiger partial charge is 0.276 e. The summed E-state index contributed by atoms with van der Waals surface area (Å²) in [6.45, 7) is 3.46. The van der Waals surface area contributed by atoms with E-state index in [2.05, 4.69) is 32.7 Å². The van der Waals surface area contributed by atoms with Gasteiger partial charge < -0.3 is 10.6 Å². The third-order valence-electron chi connectivity index (χ3n) is 2.41. The minimum atomic E-state index is -0.354. The average molecular weight is 293 g/mol. The van der Waals surface area contributed by atoms with Crippen molar-refractivity contribution in [1.29, 1.82) is 0 Å². The number of hydrogen-bond donors (Lipinski definition) is 3. The number of nitrogens with zero attached hydrogens (tertiary/aromatic N) is 2. The first-order valence-electron chi connectivity index (χ1n) is 6.17. The molecule has 0 unspecified atom stereocenters. The van der Waals surface area contributed by atoms with Crippen molar-refractivity contribution in [3.8, 4) is 0 Å². The maximum atomic E-state index is 11.9. The SMILES string of the molecule is CCCc1cc(NC(=O)c2csc(NC(C)=O)n2)n[nH]1. The van der Waals surface area contributed by atoms with E-state index in [1.54, 1.807) is 11.4 Å². The Hall–Kier alpha value is -2.22. The third-order valence-corrected chi connectivity index (χ3v) is 3.17. The summed E-state index contributed by atoms with van der Waals surface area (Å²) in [5, 5.41) is 14.0. The summed E-state index contributed by atoms with van der Waals surface area (Å²) < 4.78 is 0. The zero-order valence-corrected chi connectivity index (χ0v) is 12.0. The summed E-state index contributed by atoms with van der Waals surface area (Å²) in [6.07, 6.45) is 1.88. The van der Waals surface area contributed by atoms with Crippen LogP contribution in [-0.2, 0) is 11.2 Å². The number of rotatable bonds is 5. The van der Waals surface area contributed by atoms with Crippen LogP contribution in [-0.4, -0.2) is 27.0 Å². The molecule has 0 aliphatic carbocycles. The van der Waals surface area contributed by atoms with Gasteiger partial charge in [-0.2, -0.15) is 5.10 Å². The van der Waals surface area contributed by atoms with E-state index in [0.717, 1.165) is 18.5 Å². The number of H-pyrrole nitrogens is 1. The van der Waals surface area contributed by atoms with E-state index in [-0.39, 0.29) is 17.5 Å². The molecular weight excluding hydrogens is 278 g/mol. The van der Waals surface area contributed by atoms with Gasteiger partial charge in [0, 0.05) is 24.1 Å². The number of carbonyl (C=O) groups is 2. The number of amides is 2. The van der Waals surface area contributed by atoms with E-state index in [1.165, 1.54) is 18.3 Å². The molecule has 0 aliphatic heterocycles. The highest BCUT2D eigenvalue weighted by molar-refractivity contribution is 7.14. The Morgan fingerprint density at radius 2 is 2.20 bits per heavy atom. The molecule has 7 nitrogen and oxygen atoms in total. The molecule has 0 atom stereocenters. The van der Waals surface area contributed by atoms with Gasteiger partial charge in [0.2, 0.25) is 5.91 Å². The van der Waals surface area contributed by atoms with Crippen LogP contribution >= 0.6 is 11.3 Å². The number of anilines is 2. The fourth-order valence-electron chi connectivity index (χ4n) is 1.59. The Labute approximate surface area is 119 Å². The van der Waals surface area contributed by atoms with E-state index in [9.17, 15) is 9.59 Å². The highest BCUT2D eigenvalue weighted by Gasteiger charge is 2.13. The van der Waals surface area contributed by atoms with Crippen LogP contribution in [0.5, 0.6) is 0 Å². The molecule has 0 aromatic carbocycles. The topological polar surface area (TPSA) is 99.8 Å². The van der Waals surface area contributed by atoms with Gasteiger partial charge >= 0.3 is 0 Å². The first-order chi connectivity index (χ1) is 9.58. The van der Waals surface area contributed by atoms with Gasteiger partial charge in [-0.05, 0) is 6.42 Å². The lowest BCUT2D eigenvalue weighted by Gasteiger charge is -1.97. The van der Waals surface area contributed by atoms with Crippen molar-refractivity contribution in [1.82, 2.24) is 15.2 Å². The molecule has 0 radical (unpaired) electrons. The number of aromatic nitrogens is 3. The number of hydrogen-bond acceptors (Lipinski definition) is 5. The fraction of sp³-hybridized carbons (Fsp3) is 0.333. The number of carbonyl (C=O) groups excluding carboxylic acids is 2. The minimum Gasteiger partial charge on any atom is -0.304 e. The number of thiazole rings is 1. The summed E-state index contributed by atoms with van der Waals surface area (Å²) in [5.74, 6) is -0.109. The summed E-state index contributed by atoms with van der Waals surface area (Å²) in [6, 6.07) is 1.79. The molecule has 2 amide bonds. The summed E-state index contributed by atoms with van der Waals surface area (Å²) in [7, 11) is 0. The Balaban J connectivity index is 2.00. The van der Waals surface area contributed by atoms with Gasteiger partial charge in [-0.3, -0.25) is 14.7 Å². The maximum absolute atomic E-state index is 11.9. The molecule has 0 saturated carbocycles. The van der Waals surface area contributed by atoms with Crippen LogP contribution in [0.15, 0.2) is 11.4 Å². The van der Waals surface area contributed by atoms with E-state index < -0.39 is 0 Å². The van der Waals surface area contributed by atoms with E-state index in [0.29, 0.717) is 10.9 Å². The lowest BCUT2D eigenvalue weighted by Crippen LogP contribution is -2.13. The average Bonchev–Trinajstić information content (AvgIpc) is 2.99. The Bertz CT molecular complexity index is 619. The van der Waals surface area contributed by atoms with Gasteiger partial charge in [0.15, 0.2) is 10.9 Å². The summed E-state index contributed by atoms with van der Waals surface area (Å²) in [5.41, 5.74) is 1.22. The normalized spacial score (nSPS) is 10.3. The number of aromatic amines is 1. The van der Waals surface area contributed by atoms with Crippen LogP contribution < -0.4 is 10.6 Å². The number of nitrogens with one attached hydrogen (secondary N) is 3. The molecule has 0 spiro atoms. The molecule has 0 aliphatic rings. The number of aryl methyl sites for hydroxylation is 1. The summed E-state index contributed by atoms with van der Waals surface area (Å²) in [4.78, 5) is 26.9. The van der Waals surface area contributed by atoms with Gasteiger partial charge in [0.05, 0.1) is 0 Å². The third kappa shape index (κ3) is 3.64. The second-order valence-electron chi connectivity index (χ2n) is 4.20. The highest BCUT2D eigenvalue weighted by Crippen LogP contribution is 2.16. The molecule has 0 fully saturated rings. The van der Waals surface area contributed by atoms with Gasteiger partial charge in [0.1, 0.15) is 5.69 Å². The summed E-state index contributed by atoms with van der Waals surface area (Å²) >= 11 is 1.20. The molecule has 2 aromatic heterocycles. The molecule has 106 valence electrons. The molecule has 20 heavy (non-hydrogen) atoms. The zero-order valence-electron chi connectivity index (χ0n) is 11.2. The maximum Gasteiger partial charge on any atom is 0.276 e. The standard InChI is InChI=1S/C12H15N5O2S/c1-3-4-8-5-10(17-16-8)15-11(19)9-6-20-12(14-9)13-7(2)18/h5-6H,3-4H2,1-2H3,(H,13,14,18)(H2,15,16,17,19). The Morgan fingerprint density at radius 3 is 2.90 bits per heavy atom. The van der Waals surface area contributed by atoms with Crippen molar-refractivity contribution in [2.24, 2.45) is 0 Å². The molecule has 0 bridgehead atoms. The molecule has 2 aromatic rings. The predicted octanol–water partition coefficient (Wildman–Crippen LogP) is 2.03. The highest BCUT2D eigenvalue weighted by atomic mass is 32.1. The van der Waals surface area contributed by atoms with Crippen LogP contribution in [0.4, 0.5) is 10.9 Å². The second-order valence-corrected chi connectivity index (χ2v) is 5.06. The molecule has 8 heteroatoms. The Kier molecular flexibility index (Phi) is 4.46.